The van der Waals surface area contributed by atoms with Gasteiger partial charge < -0.3 is 24.7 Å². The average molecular weight is 852 g/mol. The maximum atomic E-state index is 16.1. The van der Waals surface area contributed by atoms with Gasteiger partial charge in [0, 0.05) is 12.6 Å². The van der Waals surface area contributed by atoms with Gasteiger partial charge in [0.05, 0.1) is 17.4 Å². The highest BCUT2D eigenvalue weighted by Crippen LogP contribution is 2.52. The fraction of sp³-hybridized carbons (Fsp3) is 0.825. The molecule has 2 heterocycles. The minimum absolute atomic E-state index is 0.157. The molecule has 1 aromatic rings. The average Bonchev–Trinajstić information content (AvgIpc) is 3.37. The summed E-state index contributed by atoms with van der Waals surface area (Å²) in [4.78, 5) is 53.5. The molecule has 0 bridgehead atoms. The number of nitrogen functional groups attached to an aromatic ring is 1. The van der Waals surface area contributed by atoms with Gasteiger partial charge in [-0.05, 0) is 54.0 Å². The summed E-state index contributed by atoms with van der Waals surface area (Å²) in [6.45, 7) is 8.69. The zero-order chi connectivity index (χ0) is 43.4. The standard InChI is InChI=1S/C40H68F2N3O12P/c1-8-9-10-11-12-13-14-15-16-17-18-19-20-21-22-23-24-32(46)57-33-30(56-34(40(33,41)42)45-26-25-31(43)44-37(45)49)27-53-58(50,54-28-51-35(47)38(2,3)4)55-29-52-36(48)39(5,6)7/h25-26,30,33-34H,8-24,27-29H2,1-7H3,(H2,43,44,49)/t30-,33-,34-/m1/s1. The summed E-state index contributed by atoms with van der Waals surface area (Å²) in [7, 11) is -4.86. The van der Waals surface area contributed by atoms with Crippen LogP contribution in [0.4, 0.5) is 14.6 Å². The SMILES string of the molecule is CCCCCCCCCCCCCCCCCCC(=O)O[C@@H]1[C@@H](COP(=O)(OCOC(=O)C(C)(C)C)OCOC(=O)C(C)(C)C)O[C@@H](n2ccc(N)nc2=O)C1(F)F. The summed E-state index contributed by atoms with van der Waals surface area (Å²) in [6, 6.07) is 1.11. The van der Waals surface area contributed by atoms with E-state index in [2.05, 4.69) is 11.9 Å². The number of nitrogens with two attached hydrogens (primary N) is 1. The predicted octanol–water partition coefficient (Wildman–Crippen LogP) is 9.17. The number of aromatic nitrogens is 2. The lowest BCUT2D eigenvalue weighted by Crippen LogP contribution is -2.44. The maximum absolute atomic E-state index is 16.1. The Balaban J connectivity index is 2.02. The highest BCUT2D eigenvalue weighted by Gasteiger charge is 2.63. The van der Waals surface area contributed by atoms with Crippen LogP contribution < -0.4 is 11.4 Å². The van der Waals surface area contributed by atoms with E-state index in [1.807, 2.05) is 0 Å². The number of hydrogen-bond acceptors (Lipinski definition) is 14. The van der Waals surface area contributed by atoms with Gasteiger partial charge in [0.2, 0.25) is 19.8 Å². The fourth-order valence-corrected chi connectivity index (χ4v) is 6.79. The first-order valence-corrected chi connectivity index (χ1v) is 22.1. The lowest BCUT2D eigenvalue weighted by molar-refractivity contribution is -0.176. The normalized spacial score (nSPS) is 18.3. The van der Waals surface area contributed by atoms with Crippen LogP contribution in [0.2, 0.25) is 0 Å². The molecule has 0 aliphatic carbocycles. The monoisotopic (exact) mass is 851 g/mol. The van der Waals surface area contributed by atoms with Gasteiger partial charge in [0.1, 0.15) is 11.9 Å². The van der Waals surface area contributed by atoms with Gasteiger partial charge in [0.15, 0.2) is 6.10 Å². The second kappa shape index (κ2) is 24.9. The molecule has 1 aromatic heterocycles. The van der Waals surface area contributed by atoms with Crippen molar-refractivity contribution in [3.05, 3.63) is 22.7 Å². The number of hydrogen-bond donors (Lipinski definition) is 1. The molecule has 18 heteroatoms. The number of carbonyl (C=O) groups excluding carboxylic acids is 3. The minimum atomic E-state index is -4.86. The van der Waals surface area contributed by atoms with E-state index in [0.717, 1.165) is 37.9 Å². The number of rotatable bonds is 28. The zero-order valence-electron chi connectivity index (χ0n) is 35.6. The van der Waals surface area contributed by atoms with Crippen molar-refractivity contribution in [2.75, 3.05) is 25.9 Å². The van der Waals surface area contributed by atoms with Crippen LogP contribution in [0.5, 0.6) is 0 Å². The third-order valence-corrected chi connectivity index (χ3v) is 10.7. The molecule has 3 atom stereocenters. The Bertz CT molecular complexity index is 1480. The Morgan fingerprint density at radius 1 is 0.793 bits per heavy atom. The Hall–Kier alpha value is -2.98. The van der Waals surface area contributed by atoms with E-state index in [-0.39, 0.29) is 12.2 Å². The molecular weight excluding hydrogens is 783 g/mol. The summed E-state index contributed by atoms with van der Waals surface area (Å²) in [5, 5.41) is 0. The van der Waals surface area contributed by atoms with Crippen LogP contribution in [-0.4, -0.2) is 65.8 Å². The quantitative estimate of drug-likeness (QED) is 0.0276. The molecule has 1 aliphatic rings. The van der Waals surface area contributed by atoms with Crippen LogP contribution >= 0.6 is 7.82 Å². The van der Waals surface area contributed by atoms with Crippen molar-refractivity contribution >= 4 is 31.5 Å². The molecule has 334 valence electrons. The number of alkyl halides is 2. The number of anilines is 1. The van der Waals surface area contributed by atoms with Crippen LogP contribution in [0.15, 0.2) is 17.1 Å². The first kappa shape index (κ1) is 51.2. The Morgan fingerprint density at radius 2 is 1.24 bits per heavy atom. The van der Waals surface area contributed by atoms with Crippen molar-refractivity contribution < 1.29 is 60.2 Å². The van der Waals surface area contributed by atoms with Crippen molar-refractivity contribution in [2.24, 2.45) is 10.8 Å². The Morgan fingerprint density at radius 3 is 1.67 bits per heavy atom. The van der Waals surface area contributed by atoms with Crippen LogP contribution in [0.3, 0.4) is 0 Å². The summed E-state index contributed by atoms with van der Waals surface area (Å²) in [6.07, 6.45) is 12.4. The van der Waals surface area contributed by atoms with Gasteiger partial charge in [-0.3, -0.25) is 23.5 Å². The summed E-state index contributed by atoms with van der Waals surface area (Å²) >= 11 is 0. The van der Waals surface area contributed by atoms with Crippen molar-refractivity contribution in [3.8, 4) is 0 Å². The Labute approximate surface area is 342 Å². The van der Waals surface area contributed by atoms with Crippen molar-refractivity contribution in [2.45, 2.75) is 182 Å². The second-order valence-electron chi connectivity index (χ2n) is 16.8. The number of unbranched alkanes of at least 4 members (excludes halogenated alkanes) is 15. The van der Waals surface area contributed by atoms with Crippen LogP contribution in [0, 0.1) is 10.8 Å². The van der Waals surface area contributed by atoms with E-state index in [1.165, 1.54) is 64.2 Å². The number of phosphoric ester groups is 1. The summed E-state index contributed by atoms with van der Waals surface area (Å²) in [5.41, 5.74) is 2.45. The number of esters is 3. The van der Waals surface area contributed by atoms with Gasteiger partial charge >= 0.3 is 37.3 Å². The third kappa shape index (κ3) is 18.5. The molecular formula is C40H68F2N3O12P. The molecule has 0 spiro atoms. The van der Waals surface area contributed by atoms with Crippen molar-refractivity contribution in [3.63, 3.8) is 0 Å². The maximum Gasteiger partial charge on any atom is 0.480 e. The number of carbonyl (C=O) groups is 3. The lowest BCUT2D eigenvalue weighted by Gasteiger charge is -2.25. The van der Waals surface area contributed by atoms with E-state index < -0.39 is 86.8 Å². The van der Waals surface area contributed by atoms with Gasteiger partial charge in [-0.25, -0.2) is 18.4 Å². The molecule has 1 fully saturated rings. The predicted molar refractivity (Wildman–Crippen MR) is 212 cm³/mol. The Kier molecular flexibility index (Phi) is 22.0. The molecule has 0 radical (unpaired) electrons. The van der Waals surface area contributed by atoms with Crippen LogP contribution in [0.25, 0.3) is 0 Å². The van der Waals surface area contributed by atoms with Gasteiger partial charge in [-0.2, -0.15) is 13.8 Å². The van der Waals surface area contributed by atoms with Gasteiger partial charge in [0.25, 0.3) is 0 Å². The van der Waals surface area contributed by atoms with Gasteiger partial charge in [-0.1, -0.05) is 103 Å². The number of halogens is 2. The molecule has 1 saturated heterocycles. The number of phosphoric acid groups is 1. The van der Waals surface area contributed by atoms with Crippen LogP contribution in [0.1, 0.15) is 164 Å². The fourth-order valence-electron chi connectivity index (χ4n) is 5.87. The summed E-state index contributed by atoms with van der Waals surface area (Å²) < 4.78 is 82.7. The first-order chi connectivity index (χ1) is 27.2. The second-order valence-corrected chi connectivity index (χ2v) is 18.5. The zero-order valence-corrected chi connectivity index (χ0v) is 36.5. The molecule has 58 heavy (non-hydrogen) atoms. The molecule has 0 aromatic carbocycles. The molecule has 0 unspecified atom stereocenters. The smallest absolute Gasteiger partial charge is 0.453 e. The molecule has 0 saturated carbocycles. The summed E-state index contributed by atoms with van der Waals surface area (Å²) in [5.74, 6) is -6.67. The van der Waals surface area contributed by atoms with Crippen LogP contribution in [-0.2, 0) is 51.5 Å². The van der Waals surface area contributed by atoms with E-state index in [0.29, 0.717) is 17.4 Å². The number of nitrogens with zero attached hydrogens (tertiary/aromatic N) is 2. The first-order valence-electron chi connectivity index (χ1n) is 20.7. The third-order valence-electron chi connectivity index (χ3n) is 9.37. The van der Waals surface area contributed by atoms with Crippen molar-refractivity contribution in [1.29, 1.82) is 0 Å². The molecule has 2 rings (SSSR count). The topological polar surface area (TPSA) is 194 Å². The molecule has 2 N–H and O–H groups in total. The highest BCUT2D eigenvalue weighted by molar-refractivity contribution is 7.48. The number of ether oxygens (including phenoxy) is 4. The van der Waals surface area contributed by atoms with Crippen molar-refractivity contribution in [1.82, 2.24) is 9.55 Å². The largest absolute Gasteiger partial charge is 0.480 e. The molecule has 15 nitrogen and oxygen atoms in total. The molecule has 1 aliphatic heterocycles. The van der Waals surface area contributed by atoms with E-state index in [9.17, 15) is 23.7 Å². The van der Waals surface area contributed by atoms with E-state index in [4.69, 9.17) is 38.3 Å². The van der Waals surface area contributed by atoms with E-state index in [1.54, 1.807) is 41.5 Å². The highest BCUT2D eigenvalue weighted by atomic mass is 31.2. The lowest BCUT2D eigenvalue weighted by atomic mass is 9.98. The van der Waals surface area contributed by atoms with Gasteiger partial charge in [-0.15, -0.1) is 0 Å². The molecule has 0 amide bonds. The van der Waals surface area contributed by atoms with E-state index >= 15 is 8.78 Å². The minimum Gasteiger partial charge on any atom is -0.453 e.